The molecular formula is C14H12FN. The van der Waals surface area contributed by atoms with Crippen LogP contribution >= 0.6 is 0 Å². The Kier molecular flexibility index (Phi) is 3.10. The number of hydrogen-bond donors (Lipinski definition) is 0. The first-order valence-corrected chi connectivity index (χ1v) is 5.08. The molecule has 0 N–H and O–H groups in total. The molecule has 0 saturated heterocycles. The van der Waals surface area contributed by atoms with Gasteiger partial charge in [0.1, 0.15) is 5.82 Å². The second-order valence-electron chi connectivity index (χ2n) is 3.64. The summed E-state index contributed by atoms with van der Waals surface area (Å²) in [6.07, 6.45) is 4.27. The Bertz CT molecular complexity index is 474. The van der Waals surface area contributed by atoms with Crippen molar-refractivity contribution in [2.24, 2.45) is 0 Å². The molecular weight excluding hydrogens is 201 g/mol. The fourth-order valence-corrected chi connectivity index (χ4v) is 1.53. The topological polar surface area (TPSA) is 12.9 Å². The minimum Gasteiger partial charge on any atom is -0.265 e. The second-order valence-corrected chi connectivity index (χ2v) is 3.64. The van der Waals surface area contributed by atoms with Gasteiger partial charge in [0.25, 0.3) is 0 Å². The highest BCUT2D eigenvalue weighted by molar-refractivity contribution is 5.65. The first-order valence-electron chi connectivity index (χ1n) is 5.08. The number of hydrogen-bond acceptors (Lipinski definition) is 1. The molecule has 0 bridgehead atoms. The van der Waals surface area contributed by atoms with Gasteiger partial charge < -0.3 is 0 Å². The van der Waals surface area contributed by atoms with Crippen molar-refractivity contribution in [3.8, 4) is 0 Å². The van der Waals surface area contributed by atoms with Crippen molar-refractivity contribution in [2.75, 3.05) is 0 Å². The third-order valence-electron chi connectivity index (χ3n) is 2.42. The molecule has 2 rings (SSSR count). The largest absolute Gasteiger partial charge is 0.265 e. The molecule has 80 valence electrons. The minimum absolute atomic E-state index is 0.222. The highest BCUT2D eigenvalue weighted by Gasteiger charge is 2.00. The van der Waals surface area contributed by atoms with Crippen molar-refractivity contribution >= 4 is 5.57 Å². The van der Waals surface area contributed by atoms with Gasteiger partial charge in [-0.25, -0.2) is 4.39 Å². The van der Waals surface area contributed by atoms with E-state index in [0.717, 1.165) is 23.1 Å². The van der Waals surface area contributed by atoms with Gasteiger partial charge in [-0.2, -0.15) is 0 Å². The predicted molar refractivity (Wildman–Crippen MR) is 63.4 cm³/mol. The Morgan fingerprint density at radius 1 is 1.06 bits per heavy atom. The van der Waals surface area contributed by atoms with Crippen LogP contribution in [0.2, 0.25) is 0 Å². The zero-order valence-corrected chi connectivity index (χ0v) is 8.86. The Balaban J connectivity index is 2.12. The SMILES string of the molecule is C=C(Cc1ccncc1)c1ccc(F)cc1. The maximum absolute atomic E-state index is 12.7. The van der Waals surface area contributed by atoms with Gasteiger partial charge in [-0.1, -0.05) is 18.7 Å². The van der Waals surface area contributed by atoms with Crippen LogP contribution in [-0.4, -0.2) is 4.98 Å². The molecule has 0 radical (unpaired) electrons. The summed E-state index contributed by atoms with van der Waals surface area (Å²) in [4.78, 5) is 3.96. The minimum atomic E-state index is -0.222. The molecule has 2 aromatic rings. The molecule has 1 heterocycles. The fourth-order valence-electron chi connectivity index (χ4n) is 1.53. The summed E-state index contributed by atoms with van der Waals surface area (Å²) in [5.41, 5.74) is 3.11. The average Bonchev–Trinajstić information content (AvgIpc) is 2.31. The van der Waals surface area contributed by atoms with Crippen molar-refractivity contribution in [3.05, 3.63) is 72.3 Å². The van der Waals surface area contributed by atoms with E-state index in [-0.39, 0.29) is 5.82 Å². The molecule has 0 unspecified atom stereocenters. The lowest BCUT2D eigenvalue weighted by Crippen LogP contribution is -1.90. The van der Waals surface area contributed by atoms with Gasteiger partial charge in [0, 0.05) is 12.4 Å². The van der Waals surface area contributed by atoms with Crippen molar-refractivity contribution in [3.63, 3.8) is 0 Å². The molecule has 0 fully saturated rings. The van der Waals surface area contributed by atoms with Crippen LogP contribution in [0.3, 0.4) is 0 Å². The van der Waals surface area contributed by atoms with Crippen molar-refractivity contribution in [1.82, 2.24) is 4.98 Å². The molecule has 1 aromatic heterocycles. The van der Waals surface area contributed by atoms with E-state index in [0.29, 0.717) is 0 Å². The fraction of sp³-hybridized carbons (Fsp3) is 0.0714. The molecule has 0 saturated carbocycles. The lowest BCUT2D eigenvalue weighted by Gasteiger charge is -2.05. The lowest BCUT2D eigenvalue weighted by atomic mass is 10.0. The summed E-state index contributed by atoms with van der Waals surface area (Å²) < 4.78 is 12.7. The normalized spacial score (nSPS) is 10.1. The van der Waals surface area contributed by atoms with E-state index in [1.807, 2.05) is 12.1 Å². The van der Waals surface area contributed by atoms with E-state index < -0.39 is 0 Å². The highest BCUT2D eigenvalue weighted by Crippen LogP contribution is 2.17. The van der Waals surface area contributed by atoms with Crippen LogP contribution in [0.4, 0.5) is 4.39 Å². The summed E-state index contributed by atoms with van der Waals surface area (Å²) in [5, 5.41) is 0. The van der Waals surface area contributed by atoms with Gasteiger partial charge >= 0.3 is 0 Å². The van der Waals surface area contributed by atoms with Crippen LogP contribution in [0.15, 0.2) is 55.4 Å². The summed E-state index contributed by atoms with van der Waals surface area (Å²) in [6, 6.07) is 10.3. The number of halogens is 1. The molecule has 1 aromatic carbocycles. The van der Waals surface area contributed by atoms with E-state index in [9.17, 15) is 4.39 Å². The van der Waals surface area contributed by atoms with Crippen molar-refractivity contribution < 1.29 is 4.39 Å². The van der Waals surface area contributed by atoms with E-state index in [2.05, 4.69) is 11.6 Å². The average molecular weight is 213 g/mol. The monoisotopic (exact) mass is 213 g/mol. The molecule has 0 atom stereocenters. The Labute approximate surface area is 94.3 Å². The molecule has 0 spiro atoms. The molecule has 1 nitrogen and oxygen atoms in total. The van der Waals surface area contributed by atoms with Gasteiger partial charge in [-0.15, -0.1) is 0 Å². The Morgan fingerprint density at radius 3 is 2.31 bits per heavy atom. The van der Waals surface area contributed by atoms with Crippen LogP contribution < -0.4 is 0 Å². The van der Waals surface area contributed by atoms with Crippen LogP contribution in [0.1, 0.15) is 11.1 Å². The summed E-state index contributed by atoms with van der Waals surface area (Å²) in [7, 11) is 0. The lowest BCUT2D eigenvalue weighted by molar-refractivity contribution is 0.627. The van der Waals surface area contributed by atoms with Crippen LogP contribution in [0, 0.1) is 5.82 Å². The number of benzene rings is 1. The zero-order chi connectivity index (χ0) is 11.4. The summed E-state index contributed by atoms with van der Waals surface area (Å²) in [5.74, 6) is -0.222. The standard InChI is InChI=1S/C14H12FN/c1-11(10-12-6-8-16-9-7-12)13-2-4-14(15)5-3-13/h2-9H,1,10H2. The van der Waals surface area contributed by atoms with E-state index in [1.54, 1.807) is 24.5 Å². The summed E-state index contributed by atoms with van der Waals surface area (Å²) in [6.45, 7) is 4.01. The van der Waals surface area contributed by atoms with Crippen molar-refractivity contribution in [2.45, 2.75) is 6.42 Å². The van der Waals surface area contributed by atoms with Gasteiger partial charge in [0.2, 0.25) is 0 Å². The molecule has 2 heteroatoms. The van der Waals surface area contributed by atoms with Crippen LogP contribution in [0.25, 0.3) is 5.57 Å². The highest BCUT2D eigenvalue weighted by atomic mass is 19.1. The Morgan fingerprint density at radius 2 is 1.69 bits per heavy atom. The molecule has 0 aliphatic rings. The quantitative estimate of drug-likeness (QED) is 0.760. The second kappa shape index (κ2) is 4.71. The maximum Gasteiger partial charge on any atom is 0.123 e. The Hall–Kier alpha value is -1.96. The van der Waals surface area contributed by atoms with Gasteiger partial charge in [0.05, 0.1) is 0 Å². The van der Waals surface area contributed by atoms with Gasteiger partial charge in [-0.3, -0.25) is 4.98 Å². The first kappa shape index (κ1) is 10.6. The number of rotatable bonds is 3. The molecule has 0 aliphatic carbocycles. The number of nitrogens with zero attached hydrogens (tertiary/aromatic N) is 1. The molecule has 0 aliphatic heterocycles. The van der Waals surface area contributed by atoms with E-state index in [1.165, 1.54) is 12.1 Å². The van der Waals surface area contributed by atoms with Crippen LogP contribution in [-0.2, 0) is 6.42 Å². The van der Waals surface area contributed by atoms with E-state index in [4.69, 9.17) is 0 Å². The van der Waals surface area contributed by atoms with Crippen LogP contribution in [0.5, 0.6) is 0 Å². The number of pyridine rings is 1. The number of aromatic nitrogens is 1. The molecule has 0 amide bonds. The van der Waals surface area contributed by atoms with E-state index >= 15 is 0 Å². The third kappa shape index (κ3) is 2.54. The van der Waals surface area contributed by atoms with Crippen molar-refractivity contribution in [1.29, 1.82) is 0 Å². The maximum atomic E-state index is 12.7. The van der Waals surface area contributed by atoms with Gasteiger partial charge in [0.15, 0.2) is 0 Å². The third-order valence-corrected chi connectivity index (χ3v) is 2.42. The number of allylic oxidation sites excluding steroid dienone is 1. The van der Waals surface area contributed by atoms with Gasteiger partial charge in [-0.05, 0) is 47.4 Å². The summed E-state index contributed by atoms with van der Waals surface area (Å²) >= 11 is 0. The predicted octanol–water partition coefficient (Wildman–Crippen LogP) is 3.48. The molecule has 16 heavy (non-hydrogen) atoms. The zero-order valence-electron chi connectivity index (χ0n) is 8.86. The first-order chi connectivity index (χ1) is 7.75. The smallest absolute Gasteiger partial charge is 0.123 e.